The molecular weight excluding hydrogens is 428 g/mol. The summed E-state index contributed by atoms with van der Waals surface area (Å²) in [6.45, 7) is 0. The molecule has 5 heteroatoms. The highest BCUT2D eigenvalue weighted by molar-refractivity contribution is 7.98. The lowest BCUT2D eigenvalue weighted by molar-refractivity contribution is 0.0694. The molecule has 1 aliphatic rings. The Labute approximate surface area is 195 Å². The molecule has 160 valence electrons. The van der Waals surface area contributed by atoms with Gasteiger partial charge < -0.3 is 5.11 Å². The fourth-order valence-electron chi connectivity index (χ4n) is 4.80. The van der Waals surface area contributed by atoms with E-state index in [1.807, 2.05) is 65.7 Å². The molecule has 4 aromatic carbocycles. The summed E-state index contributed by atoms with van der Waals surface area (Å²) in [6.07, 6.45) is 4.51. The van der Waals surface area contributed by atoms with Gasteiger partial charge in [0.2, 0.25) is 0 Å². The van der Waals surface area contributed by atoms with Gasteiger partial charge in [-0.25, -0.2) is 9.48 Å². The average molecular weight is 449 g/mol. The molecule has 1 aliphatic carbocycles. The summed E-state index contributed by atoms with van der Waals surface area (Å²) in [6, 6.07) is 26.7. The van der Waals surface area contributed by atoms with Crippen LogP contribution in [0.4, 0.5) is 0 Å². The van der Waals surface area contributed by atoms with Crippen LogP contribution in [-0.2, 0) is 6.42 Å². The number of hydrogen-bond donors (Lipinski definition) is 1. The van der Waals surface area contributed by atoms with Crippen LogP contribution in [0, 0.1) is 0 Å². The lowest BCUT2D eigenvalue weighted by atomic mass is 9.91. The van der Waals surface area contributed by atoms with Gasteiger partial charge in [-0.05, 0) is 58.0 Å². The average Bonchev–Trinajstić information content (AvgIpc) is 3.42. The van der Waals surface area contributed by atoms with Gasteiger partial charge in [-0.1, -0.05) is 54.6 Å². The van der Waals surface area contributed by atoms with E-state index >= 15 is 0 Å². The number of rotatable bonds is 4. The van der Waals surface area contributed by atoms with Crippen LogP contribution in [0.1, 0.15) is 21.6 Å². The zero-order valence-corrected chi connectivity index (χ0v) is 18.8. The zero-order valence-electron chi connectivity index (χ0n) is 17.9. The highest BCUT2D eigenvalue weighted by Gasteiger charge is 2.32. The van der Waals surface area contributed by atoms with Gasteiger partial charge in [0, 0.05) is 28.6 Å². The van der Waals surface area contributed by atoms with E-state index in [2.05, 4.69) is 30.3 Å². The number of benzene rings is 4. The number of thioether (sulfide) groups is 1. The van der Waals surface area contributed by atoms with Crippen LogP contribution in [0.15, 0.2) is 90.0 Å². The Bertz CT molecular complexity index is 1550. The summed E-state index contributed by atoms with van der Waals surface area (Å²) in [5, 5.41) is 17.4. The third-order valence-corrected chi connectivity index (χ3v) is 7.08. The molecule has 0 saturated carbocycles. The number of carboxylic acids is 1. The molecular formula is C28H20N2O2S. The van der Waals surface area contributed by atoms with Crippen molar-refractivity contribution in [2.45, 2.75) is 11.3 Å². The molecule has 6 rings (SSSR count). The Hall–Kier alpha value is -3.83. The molecule has 0 bridgehead atoms. The van der Waals surface area contributed by atoms with Crippen LogP contribution in [0.3, 0.4) is 0 Å². The van der Waals surface area contributed by atoms with Crippen molar-refractivity contribution in [3.8, 4) is 27.9 Å². The van der Waals surface area contributed by atoms with Crippen molar-refractivity contribution in [2.24, 2.45) is 0 Å². The minimum atomic E-state index is -0.902. The van der Waals surface area contributed by atoms with E-state index in [-0.39, 0.29) is 0 Å². The fourth-order valence-corrected chi connectivity index (χ4v) is 5.43. The van der Waals surface area contributed by atoms with E-state index in [0.29, 0.717) is 12.0 Å². The van der Waals surface area contributed by atoms with Crippen LogP contribution in [0.2, 0.25) is 0 Å². The van der Waals surface area contributed by atoms with Gasteiger partial charge in [0.25, 0.3) is 0 Å². The minimum absolute atomic E-state index is 0.369. The molecule has 33 heavy (non-hydrogen) atoms. The molecule has 0 atom stereocenters. The summed E-state index contributed by atoms with van der Waals surface area (Å²) in [7, 11) is 0. The largest absolute Gasteiger partial charge is 0.478 e. The predicted octanol–water partition coefficient (Wildman–Crippen LogP) is 6.68. The summed E-state index contributed by atoms with van der Waals surface area (Å²) in [4.78, 5) is 13.2. The van der Waals surface area contributed by atoms with Crippen molar-refractivity contribution in [3.63, 3.8) is 0 Å². The second-order valence-electron chi connectivity index (χ2n) is 8.17. The molecule has 0 spiro atoms. The molecule has 0 saturated heterocycles. The summed E-state index contributed by atoms with van der Waals surface area (Å²) in [5.41, 5.74) is 7.16. The second-order valence-corrected chi connectivity index (χ2v) is 9.02. The molecule has 5 aromatic rings. The van der Waals surface area contributed by atoms with Crippen LogP contribution in [-0.4, -0.2) is 27.1 Å². The van der Waals surface area contributed by atoms with E-state index in [0.717, 1.165) is 44.1 Å². The van der Waals surface area contributed by atoms with Crippen molar-refractivity contribution in [3.05, 3.63) is 102 Å². The van der Waals surface area contributed by atoms with Crippen LogP contribution >= 0.6 is 11.8 Å². The maximum Gasteiger partial charge on any atom is 0.337 e. The lowest BCUT2D eigenvalue weighted by Gasteiger charge is -2.16. The van der Waals surface area contributed by atoms with Gasteiger partial charge in [-0.15, -0.1) is 11.8 Å². The van der Waals surface area contributed by atoms with Crippen molar-refractivity contribution in [2.75, 3.05) is 6.26 Å². The van der Waals surface area contributed by atoms with E-state index in [1.54, 1.807) is 0 Å². The third kappa shape index (κ3) is 3.16. The van der Waals surface area contributed by atoms with Gasteiger partial charge in [0.15, 0.2) is 0 Å². The second kappa shape index (κ2) is 7.64. The summed E-state index contributed by atoms with van der Waals surface area (Å²) in [5.74, 6) is -0.902. The third-order valence-electron chi connectivity index (χ3n) is 6.32. The maximum absolute atomic E-state index is 12.4. The zero-order chi connectivity index (χ0) is 22.5. The number of nitrogens with zero attached hydrogens (tertiary/aromatic N) is 2. The fraction of sp³-hybridized carbons (Fsp3) is 0.0714. The van der Waals surface area contributed by atoms with Crippen LogP contribution < -0.4 is 0 Å². The molecule has 4 nitrogen and oxygen atoms in total. The van der Waals surface area contributed by atoms with E-state index < -0.39 is 5.97 Å². The van der Waals surface area contributed by atoms with Crippen LogP contribution in [0.25, 0.3) is 38.7 Å². The number of carboxylic acid groups (broad SMARTS) is 1. The topological polar surface area (TPSA) is 55.1 Å². The number of para-hydroxylation sites is 1. The number of fused-ring (bicyclic) bond motifs is 4. The number of carbonyl (C=O) groups is 1. The van der Waals surface area contributed by atoms with Gasteiger partial charge in [0.05, 0.1) is 16.9 Å². The van der Waals surface area contributed by atoms with E-state index in [4.69, 9.17) is 5.10 Å². The number of aromatic carboxylic acids is 1. The van der Waals surface area contributed by atoms with Crippen molar-refractivity contribution in [1.82, 2.24) is 9.78 Å². The first-order valence-electron chi connectivity index (χ1n) is 10.7. The minimum Gasteiger partial charge on any atom is -0.478 e. The van der Waals surface area contributed by atoms with Crippen molar-refractivity contribution < 1.29 is 9.90 Å². The van der Waals surface area contributed by atoms with Crippen molar-refractivity contribution in [1.29, 1.82) is 0 Å². The molecule has 0 aliphatic heterocycles. The monoisotopic (exact) mass is 448 g/mol. The smallest absolute Gasteiger partial charge is 0.337 e. The van der Waals surface area contributed by atoms with Crippen LogP contribution in [0.5, 0.6) is 0 Å². The first-order chi connectivity index (χ1) is 16.1. The number of hydrogen-bond acceptors (Lipinski definition) is 3. The maximum atomic E-state index is 12.4. The van der Waals surface area contributed by atoms with Gasteiger partial charge in [-0.3, -0.25) is 0 Å². The Morgan fingerprint density at radius 1 is 0.939 bits per heavy atom. The van der Waals surface area contributed by atoms with Gasteiger partial charge >= 0.3 is 5.97 Å². The predicted molar refractivity (Wildman–Crippen MR) is 133 cm³/mol. The summed E-state index contributed by atoms with van der Waals surface area (Å²) < 4.78 is 1.85. The normalized spacial score (nSPS) is 12.0. The standard InChI is InChI=1S/C28H20N2O2S/c1-33-25-15-21(19-12-11-17-7-5-6-8-18(17)13-19)22-14-24-23(26(22)27(25)28(31)32)16-30(29-24)20-9-3-2-4-10-20/h2-13,15-16H,14H2,1H3,(H,31,32). The Morgan fingerprint density at radius 3 is 2.45 bits per heavy atom. The first kappa shape index (κ1) is 19.8. The highest BCUT2D eigenvalue weighted by Crippen LogP contribution is 2.47. The SMILES string of the molecule is CSc1cc(-c2ccc3ccccc3c2)c2c(c1C(=O)O)-c1cn(-c3ccccc3)nc1C2. The van der Waals surface area contributed by atoms with Gasteiger partial charge in [-0.2, -0.15) is 5.10 Å². The molecule has 0 fully saturated rings. The van der Waals surface area contributed by atoms with Gasteiger partial charge in [0.1, 0.15) is 0 Å². The molecule has 0 amide bonds. The summed E-state index contributed by atoms with van der Waals surface area (Å²) >= 11 is 1.47. The quantitative estimate of drug-likeness (QED) is 0.306. The highest BCUT2D eigenvalue weighted by atomic mass is 32.2. The molecule has 1 N–H and O–H groups in total. The Morgan fingerprint density at radius 2 is 1.70 bits per heavy atom. The van der Waals surface area contributed by atoms with Crippen molar-refractivity contribution >= 4 is 28.5 Å². The Kier molecular flexibility index (Phi) is 4.59. The van der Waals surface area contributed by atoms with E-state index in [1.165, 1.54) is 22.5 Å². The molecule has 0 unspecified atom stereocenters. The lowest BCUT2D eigenvalue weighted by Crippen LogP contribution is -2.05. The first-order valence-corrected chi connectivity index (χ1v) is 12.0. The molecule has 0 radical (unpaired) electrons. The van der Waals surface area contributed by atoms with E-state index in [9.17, 15) is 9.90 Å². The molecule has 1 heterocycles. The molecule has 1 aromatic heterocycles. The number of aromatic nitrogens is 2. The Balaban J connectivity index is 1.60.